The molecule has 0 saturated carbocycles. The summed E-state index contributed by atoms with van der Waals surface area (Å²) in [6.07, 6.45) is 1.97. The van der Waals surface area contributed by atoms with Crippen LogP contribution in [0.1, 0.15) is 18.9 Å². The number of aliphatic hydroxyl groups is 1. The lowest BCUT2D eigenvalue weighted by Crippen LogP contribution is -2.40. The van der Waals surface area contributed by atoms with E-state index in [4.69, 9.17) is 9.84 Å². The van der Waals surface area contributed by atoms with Gasteiger partial charge in [0.15, 0.2) is 0 Å². The van der Waals surface area contributed by atoms with Gasteiger partial charge in [0.05, 0.1) is 13.2 Å². The molecule has 0 bridgehead atoms. The molecule has 0 aliphatic heterocycles. The van der Waals surface area contributed by atoms with Gasteiger partial charge in [-0.05, 0) is 18.9 Å². The van der Waals surface area contributed by atoms with Gasteiger partial charge in [0.25, 0.3) is 5.91 Å². The average Bonchev–Trinajstić information content (AvgIpc) is 2.47. The molecule has 0 fully saturated rings. The van der Waals surface area contributed by atoms with E-state index in [0.29, 0.717) is 19.7 Å². The van der Waals surface area contributed by atoms with Crippen LogP contribution in [0.4, 0.5) is 0 Å². The molecule has 20 heavy (non-hydrogen) atoms. The molecular weight excluding hydrogens is 254 g/mol. The molecule has 0 aliphatic rings. The number of amides is 1. The summed E-state index contributed by atoms with van der Waals surface area (Å²) in [6.45, 7) is 6.56. The molecule has 1 aromatic carbocycles. The lowest BCUT2D eigenvalue weighted by atomic mass is 10.2. The highest BCUT2D eigenvalue weighted by molar-refractivity contribution is 5.80. The number of rotatable bonds is 9. The van der Waals surface area contributed by atoms with Crippen molar-refractivity contribution in [2.75, 3.05) is 19.8 Å². The van der Waals surface area contributed by atoms with Crippen molar-refractivity contribution < 1.29 is 14.6 Å². The Balaban J connectivity index is 2.59. The zero-order valence-electron chi connectivity index (χ0n) is 12.0. The summed E-state index contributed by atoms with van der Waals surface area (Å²) < 4.78 is 5.47. The number of benzene rings is 1. The van der Waals surface area contributed by atoms with Crippen LogP contribution in [0.5, 0.6) is 0 Å². The Hall–Kier alpha value is -1.65. The Morgan fingerprint density at radius 1 is 1.45 bits per heavy atom. The van der Waals surface area contributed by atoms with Crippen LogP contribution in [0.2, 0.25) is 0 Å². The van der Waals surface area contributed by atoms with Crippen molar-refractivity contribution in [3.05, 3.63) is 48.6 Å². The monoisotopic (exact) mass is 277 g/mol. The topological polar surface area (TPSA) is 49.8 Å². The summed E-state index contributed by atoms with van der Waals surface area (Å²) >= 11 is 0. The van der Waals surface area contributed by atoms with Crippen molar-refractivity contribution >= 4 is 5.91 Å². The zero-order valence-corrected chi connectivity index (χ0v) is 12.0. The van der Waals surface area contributed by atoms with Gasteiger partial charge in [-0.2, -0.15) is 0 Å². The molecule has 0 heterocycles. The molecule has 1 amide bonds. The Kier molecular flexibility index (Phi) is 7.62. The molecule has 0 spiro atoms. The molecule has 1 atom stereocenters. The number of nitrogens with zero attached hydrogens (tertiary/aromatic N) is 1. The van der Waals surface area contributed by atoms with E-state index in [0.717, 1.165) is 12.0 Å². The number of carbonyl (C=O) groups excluding carboxylic acids is 1. The maximum atomic E-state index is 12.3. The molecule has 110 valence electrons. The van der Waals surface area contributed by atoms with Crippen LogP contribution in [0.15, 0.2) is 43.0 Å². The van der Waals surface area contributed by atoms with Gasteiger partial charge in [-0.3, -0.25) is 4.79 Å². The van der Waals surface area contributed by atoms with Crippen LogP contribution < -0.4 is 0 Å². The van der Waals surface area contributed by atoms with Crippen LogP contribution in [0.25, 0.3) is 0 Å². The summed E-state index contributed by atoms with van der Waals surface area (Å²) in [5.74, 6) is -0.105. The average molecular weight is 277 g/mol. The third-order valence-electron chi connectivity index (χ3n) is 2.94. The maximum Gasteiger partial charge on any atom is 0.251 e. The minimum Gasteiger partial charge on any atom is -0.395 e. The highest BCUT2D eigenvalue weighted by Gasteiger charge is 2.20. The minimum absolute atomic E-state index is 0.0576. The summed E-state index contributed by atoms with van der Waals surface area (Å²) in [5.41, 5.74) is 1.03. The van der Waals surface area contributed by atoms with Crippen LogP contribution in [0, 0.1) is 0 Å². The number of carbonyl (C=O) groups is 1. The lowest BCUT2D eigenvalue weighted by Gasteiger charge is -2.25. The highest BCUT2D eigenvalue weighted by atomic mass is 16.5. The van der Waals surface area contributed by atoms with Crippen molar-refractivity contribution in [1.29, 1.82) is 0 Å². The second-order valence-electron chi connectivity index (χ2n) is 4.56. The SMILES string of the molecule is C=CCCOC(C)C(=O)N(CCO)Cc1ccccc1. The minimum atomic E-state index is -0.509. The van der Waals surface area contributed by atoms with E-state index in [-0.39, 0.29) is 12.5 Å². The van der Waals surface area contributed by atoms with E-state index < -0.39 is 6.10 Å². The fourth-order valence-electron chi connectivity index (χ4n) is 1.85. The summed E-state index contributed by atoms with van der Waals surface area (Å²) in [7, 11) is 0. The predicted molar refractivity (Wildman–Crippen MR) is 79.2 cm³/mol. The van der Waals surface area contributed by atoms with Crippen molar-refractivity contribution in [3.63, 3.8) is 0 Å². The van der Waals surface area contributed by atoms with Crippen LogP contribution in [-0.2, 0) is 16.1 Å². The van der Waals surface area contributed by atoms with E-state index >= 15 is 0 Å². The molecule has 0 aromatic heterocycles. The molecule has 1 unspecified atom stereocenters. The quantitative estimate of drug-likeness (QED) is 0.555. The van der Waals surface area contributed by atoms with Crippen LogP contribution >= 0.6 is 0 Å². The van der Waals surface area contributed by atoms with Gasteiger partial charge in [-0.25, -0.2) is 0 Å². The van der Waals surface area contributed by atoms with E-state index in [9.17, 15) is 4.79 Å². The van der Waals surface area contributed by atoms with Gasteiger partial charge in [-0.15, -0.1) is 6.58 Å². The first-order valence-corrected chi connectivity index (χ1v) is 6.85. The van der Waals surface area contributed by atoms with Crippen molar-refractivity contribution in [2.24, 2.45) is 0 Å². The molecule has 1 aromatic rings. The first-order chi connectivity index (χ1) is 9.69. The number of ether oxygens (including phenoxy) is 1. The fourth-order valence-corrected chi connectivity index (χ4v) is 1.85. The molecule has 0 aliphatic carbocycles. The van der Waals surface area contributed by atoms with Gasteiger partial charge in [-0.1, -0.05) is 36.4 Å². The molecule has 1 rings (SSSR count). The Morgan fingerprint density at radius 2 is 2.15 bits per heavy atom. The van der Waals surface area contributed by atoms with Crippen LogP contribution in [-0.4, -0.2) is 41.8 Å². The molecule has 0 radical (unpaired) electrons. The van der Waals surface area contributed by atoms with E-state index in [1.165, 1.54) is 0 Å². The normalized spacial score (nSPS) is 11.9. The van der Waals surface area contributed by atoms with E-state index in [2.05, 4.69) is 6.58 Å². The molecule has 4 heteroatoms. The summed E-state index contributed by atoms with van der Waals surface area (Å²) in [4.78, 5) is 13.9. The fraction of sp³-hybridized carbons (Fsp3) is 0.438. The first kappa shape index (κ1) is 16.4. The third kappa shape index (κ3) is 5.55. The van der Waals surface area contributed by atoms with Gasteiger partial charge >= 0.3 is 0 Å². The van der Waals surface area contributed by atoms with Gasteiger partial charge in [0.1, 0.15) is 6.10 Å². The van der Waals surface area contributed by atoms with Gasteiger partial charge < -0.3 is 14.7 Å². The summed E-state index contributed by atoms with van der Waals surface area (Å²) in [5, 5.41) is 9.11. The number of hydrogen-bond donors (Lipinski definition) is 1. The van der Waals surface area contributed by atoms with E-state index in [1.807, 2.05) is 30.3 Å². The second kappa shape index (κ2) is 9.28. The largest absolute Gasteiger partial charge is 0.395 e. The molecule has 1 N–H and O–H groups in total. The Labute approximate surface area is 120 Å². The highest BCUT2D eigenvalue weighted by Crippen LogP contribution is 2.08. The van der Waals surface area contributed by atoms with Crippen LogP contribution in [0.3, 0.4) is 0 Å². The smallest absolute Gasteiger partial charge is 0.251 e. The number of aliphatic hydroxyl groups excluding tert-OH is 1. The lowest BCUT2D eigenvalue weighted by molar-refractivity contribution is -0.143. The standard InChI is InChI=1S/C16H23NO3/c1-3-4-12-20-14(2)16(19)17(10-11-18)13-15-8-6-5-7-9-15/h3,5-9,14,18H,1,4,10-13H2,2H3. The molecular formula is C16H23NO3. The maximum absolute atomic E-state index is 12.3. The number of hydrogen-bond acceptors (Lipinski definition) is 3. The predicted octanol–water partition coefficient (Wildman–Crippen LogP) is 1.99. The van der Waals surface area contributed by atoms with Crippen molar-refractivity contribution in [1.82, 2.24) is 4.90 Å². The first-order valence-electron chi connectivity index (χ1n) is 6.85. The zero-order chi connectivity index (χ0) is 14.8. The van der Waals surface area contributed by atoms with Gasteiger partial charge in [0, 0.05) is 13.1 Å². The Morgan fingerprint density at radius 3 is 2.75 bits per heavy atom. The van der Waals surface area contributed by atoms with Crippen molar-refractivity contribution in [2.45, 2.75) is 26.0 Å². The van der Waals surface area contributed by atoms with Crippen molar-refractivity contribution in [3.8, 4) is 0 Å². The van der Waals surface area contributed by atoms with Gasteiger partial charge in [0.2, 0.25) is 0 Å². The Bertz CT molecular complexity index is 405. The van der Waals surface area contributed by atoms with E-state index in [1.54, 1.807) is 17.9 Å². The summed E-state index contributed by atoms with van der Waals surface area (Å²) in [6, 6.07) is 9.71. The molecule has 4 nitrogen and oxygen atoms in total. The third-order valence-corrected chi connectivity index (χ3v) is 2.94. The second-order valence-corrected chi connectivity index (χ2v) is 4.56. The molecule has 0 saturated heterocycles.